The number of halogens is 1. The molecule has 2 aliphatic heterocycles. The molecule has 2 heterocycles. The maximum atomic E-state index is 14.9. The van der Waals surface area contributed by atoms with Crippen LogP contribution < -0.4 is 9.47 Å². The lowest BCUT2D eigenvalue weighted by Gasteiger charge is -2.24. The van der Waals surface area contributed by atoms with E-state index in [-0.39, 0.29) is 18.7 Å². The highest BCUT2D eigenvalue weighted by Crippen LogP contribution is 2.39. The number of ether oxygens (including phenoxy) is 2. The van der Waals surface area contributed by atoms with Gasteiger partial charge in [-0.05, 0) is 61.2 Å². The van der Waals surface area contributed by atoms with Crippen LogP contribution in [-0.4, -0.2) is 23.1 Å². The van der Waals surface area contributed by atoms with E-state index in [1.807, 2.05) is 12.1 Å². The molecule has 0 aliphatic carbocycles. The second-order valence-corrected chi connectivity index (χ2v) is 8.39. The van der Waals surface area contributed by atoms with Crippen LogP contribution in [0.2, 0.25) is 0 Å². The van der Waals surface area contributed by atoms with Gasteiger partial charge in [-0.15, -0.1) is 0 Å². The Kier molecular flexibility index (Phi) is 5.23. The molecule has 0 radical (unpaired) electrons. The molecule has 0 aromatic heterocycles. The highest BCUT2D eigenvalue weighted by atomic mass is 19.1. The number of nitrogens with zero attached hydrogens (tertiary/aromatic N) is 1. The van der Waals surface area contributed by atoms with E-state index >= 15 is 0 Å². The van der Waals surface area contributed by atoms with Crippen LogP contribution in [0.25, 0.3) is 0 Å². The van der Waals surface area contributed by atoms with Gasteiger partial charge >= 0.3 is 0 Å². The van der Waals surface area contributed by atoms with Gasteiger partial charge in [-0.1, -0.05) is 37.6 Å². The van der Waals surface area contributed by atoms with E-state index in [0.717, 1.165) is 41.2 Å². The van der Waals surface area contributed by atoms with Crippen LogP contribution >= 0.6 is 0 Å². The summed E-state index contributed by atoms with van der Waals surface area (Å²) in [5, 5.41) is 0. The molecule has 3 aromatic rings. The van der Waals surface area contributed by atoms with Gasteiger partial charge in [0.25, 0.3) is 0 Å². The molecule has 0 saturated heterocycles. The number of fused-ring (bicyclic) bond motifs is 2. The standard InChI is InChI=1S/C27H27FNO2/c1-3-4-7-19-10-12-20(13-11-19)27-22-16-26-25(30-17-31-26)15-21(22)14-18(2)29(27)24-9-6-5-8-23(24)28/h5-6,8-13,15-16,18H,3-4,7,14,17H2,1-2H3/q+1. The van der Waals surface area contributed by atoms with E-state index in [0.29, 0.717) is 5.69 Å². The summed E-state index contributed by atoms with van der Waals surface area (Å²) in [4.78, 5) is 0. The quantitative estimate of drug-likeness (QED) is 0.474. The van der Waals surface area contributed by atoms with Crippen LogP contribution in [0.15, 0.2) is 60.7 Å². The van der Waals surface area contributed by atoms with Crippen molar-refractivity contribution in [3.63, 3.8) is 0 Å². The van der Waals surface area contributed by atoms with Gasteiger partial charge in [0, 0.05) is 18.1 Å². The lowest BCUT2D eigenvalue weighted by Crippen LogP contribution is -2.35. The minimum Gasteiger partial charge on any atom is -0.454 e. The first-order valence-corrected chi connectivity index (χ1v) is 11.1. The molecule has 158 valence electrons. The third-order valence-corrected chi connectivity index (χ3v) is 6.21. The van der Waals surface area contributed by atoms with Crippen LogP contribution in [0, 0.1) is 5.82 Å². The zero-order valence-corrected chi connectivity index (χ0v) is 18.0. The zero-order valence-electron chi connectivity index (χ0n) is 18.0. The van der Waals surface area contributed by atoms with Gasteiger partial charge < -0.3 is 9.47 Å². The highest BCUT2D eigenvalue weighted by Gasteiger charge is 2.36. The summed E-state index contributed by atoms with van der Waals surface area (Å²) in [6.45, 7) is 4.60. The monoisotopic (exact) mass is 416 g/mol. The summed E-state index contributed by atoms with van der Waals surface area (Å²) in [6, 6.07) is 20.0. The molecule has 1 atom stereocenters. The smallest absolute Gasteiger partial charge is 0.242 e. The molecule has 3 nitrogen and oxygen atoms in total. The summed E-state index contributed by atoms with van der Waals surface area (Å²) >= 11 is 0. The van der Waals surface area contributed by atoms with Gasteiger partial charge in [0.2, 0.25) is 18.2 Å². The molecule has 5 rings (SSSR count). The van der Waals surface area contributed by atoms with Gasteiger partial charge in [0.15, 0.2) is 23.4 Å². The second-order valence-electron chi connectivity index (χ2n) is 8.39. The Morgan fingerprint density at radius 3 is 2.48 bits per heavy atom. The Balaban J connectivity index is 1.72. The maximum absolute atomic E-state index is 14.9. The van der Waals surface area contributed by atoms with Gasteiger partial charge in [0.05, 0.1) is 5.56 Å². The number of para-hydroxylation sites is 1. The normalized spacial score (nSPS) is 17.1. The van der Waals surface area contributed by atoms with Crippen LogP contribution in [0.5, 0.6) is 11.5 Å². The third kappa shape index (κ3) is 3.60. The molecule has 0 spiro atoms. The molecule has 0 bridgehead atoms. The molecule has 0 saturated carbocycles. The highest BCUT2D eigenvalue weighted by molar-refractivity contribution is 6.12. The van der Waals surface area contributed by atoms with E-state index in [2.05, 4.69) is 54.8 Å². The van der Waals surface area contributed by atoms with Crippen molar-refractivity contribution in [3.05, 3.63) is 88.7 Å². The molecule has 4 heteroatoms. The van der Waals surface area contributed by atoms with Crippen LogP contribution in [-0.2, 0) is 12.8 Å². The van der Waals surface area contributed by atoms with Gasteiger partial charge in [-0.25, -0.2) is 0 Å². The molecular weight excluding hydrogens is 389 g/mol. The average Bonchev–Trinajstić information content (AvgIpc) is 3.24. The van der Waals surface area contributed by atoms with Gasteiger partial charge in [-0.3, -0.25) is 0 Å². The molecule has 0 fully saturated rings. The second kappa shape index (κ2) is 8.18. The van der Waals surface area contributed by atoms with Crippen molar-refractivity contribution in [2.45, 2.75) is 45.6 Å². The van der Waals surface area contributed by atoms with E-state index in [1.54, 1.807) is 6.07 Å². The number of rotatable bonds is 5. The molecular formula is C27H27FNO2+. The fourth-order valence-corrected chi connectivity index (χ4v) is 4.64. The Labute approximate surface area is 182 Å². The van der Waals surface area contributed by atoms with Crippen LogP contribution in [0.1, 0.15) is 48.9 Å². The largest absolute Gasteiger partial charge is 0.454 e. The Morgan fingerprint density at radius 1 is 1.00 bits per heavy atom. The van der Waals surface area contributed by atoms with Gasteiger partial charge in [-0.2, -0.15) is 8.97 Å². The van der Waals surface area contributed by atoms with Crippen molar-refractivity contribution in [1.82, 2.24) is 0 Å². The lowest BCUT2D eigenvalue weighted by molar-refractivity contribution is -0.483. The predicted molar refractivity (Wildman–Crippen MR) is 120 cm³/mol. The van der Waals surface area contributed by atoms with Crippen molar-refractivity contribution in [2.24, 2.45) is 0 Å². The summed E-state index contributed by atoms with van der Waals surface area (Å²) < 4.78 is 28.4. The summed E-state index contributed by atoms with van der Waals surface area (Å²) in [5.41, 5.74) is 6.30. The first kappa shape index (κ1) is 19.8. The predicted octanol–water partition coefficient (Wildman–Crippen LogP) is 6.02. The fourth-order valence-electron chi connectivity index (χ4n) is 4.64. The minimum absolute atomic E-state index is 0.0968. The Morgan fingerprint density at radius 2 is 1.74 bits per heavy atom. The van der Waals surface area contributed by atoms with Crippen molar-refractivity contribution in [2.75, 3.05) is 6.79 Å². The number of hydrogen-bond donors (Lipinski definition) is 0. The van der Waals surface area contributed by atoms with Gasteiger partial charge in [0.1, 0.15) is 0 Å². The van der Waals surface area contributed by atoms with Crippen LogP contribution in [0.3, 0.4) is 0 Å². The average molecular weight is 417 g/mol. The molecule has 2 aliphatic rings. The van der Waals surface area contributed by atoms with Crippen molar-refractivity contribution < 1.29 is 18.4 Å². The summed E-state index contributed by atoms with van der Waals surface area (Å²) in [7, 11) is 0. The molecule has 31 heavy (non-hydrogen) atoms. The van der Waals surface area contributed by atoms with Crippen molar-refractivity contribution in [1.29, 1.82) is 0 Å². The summed E-state index contributed by atoms with van der Waals surface area (Å²) in [6.07, 6.45) is 4.24. The molecule has 1 unspecified atom stereocenters. The minimum atomic E-state index is -0.212. The van der Waals surface area contributed by atoms with Crippen molar-refractivity contribution >= 4 is 11.4 Å². The third-order valence-electron chi connectivity index (χ3n) is 6.21. The first-order valence-electron chi connectivity index (χ1n) is 11.1. The van der Waals surface area contributed by atoms with Crippen molar-refractivity contribution in [3.8, 4) is 11.5 Å². The van der Waals surface area contributed by atoms with E-state index in [4.69, 9.17) is 9.47 Å². The van der Waals surface area contributed by atoms with E-state index in [1.165, 1.54) is 30.0 Å². The van der Waals surface area contributed by atoms with Crippen LogP contribution in [0.4, 0.5) is 10.1 Å². The molecule has 0 amide bonds. The number of aryl methyl sites for hydroxylation is 1. The zero-order chi connectivity index (χ0) is 21.4. The lowest BCUT2D eigenvalue weighted by atomic mass is 9.88. The Bertz CT molecular complexity index is 1150. The number of benzene rings is 3. The molecule has 0 N–H and O–H groups in total. The summed E-state index contributed by atoms with van der Waals surface area (Å²) in [5.74, 6) is 1.33. The number of unbranched alkanes of at least 4 members (excludes halogenated alkanes) is 1. The maximum Gasteiger partial charge on any atom is 0.242 e. The van der Waals surface area contributed by atoms with E-state index in [9.17, 15) is 4.39 Å². The SMILES string of the molecule is CCCCc1ccc(C2=[N+](c3ccccc3F)C(C)Cc3cc4c(cc32)OCO4)cc1. The van der Waals surface area contributed by atoms with E-state index < -0.39 is 0 Å². The molecule has 3 aromatic carbocycles. The number of hydrogen-bond acceptors (Lipinski definition) is 2. The topological polar surface area (TPSA) is 21.5 Å². The fraction of sp³-hybridized carbons (Fsp3) is 0.296. The first-order chi connectivity index (χ1) is 15.2. The Hall–Kier alpha value is -3.14.